The van der Waals surface area contributed by atoms with E-state index < -0.39 is 23.4 Å². The number of amides is 2. The van der Waals surface area contributed by atoms with Crippen LogP contribution in [0.2, 0.25) is 0 Å². The lowest BCUT2D eigenvalue weighted by Gasteiger charge is -2.22. The predicted octanol–water partition coefficient (Wildman–Crippen LogP) is 1.72. The molecular formula is C14H27N3O4. The molecule has 0 aliphatic carbocycles. The average Bonchev–Trinajstić information content (AvgIpc) is 2.58. The van der Waals surface area contributed by atoms with Crippen LogP contribution in [0, 0.1) is 0 Å². The number of carbonyl (C=O) groups excluding carboxylic acids is 2. The van der Waals surface area contributed by atoms with Gasteiger partial charge >= 0.3 is 12.2 Å². The van der Waals surface area contributed by atoms with Gasteiger partial charge in [-0.2, -0.15) is 0 Å². The van der Waals surface area contributed by atoms with Gasteiger partial charge in [-0.25, -0.2) is 9.59 Å². The summed E-state index contributed by atoms with van der Waals surface area (Å²) in [6, 6.07) is -0.0835. The van der Waals surface area contributed by atoms with Crippen LogP contribution in [-0.4, -0.2) is 42.1 Å². The van der Waals surface area contributed by atoms with Crippen molar-refractivity contribution in [2.45, 2.75) is 71.4 Å². The van der Waals surface area contributed by atoms with Crippen LogP contribution in [0.25, 0.3) is 0 Å². The third-order valence-corrected chi connectivity index (χ3v) is 2.54. The van der Waals surface area contributed by atoms with E-state index in [0.29, 0.717) is 13.0 Å². The molecule has 0 spiro atoms. The number of carbonyl (C=O) groups is 2. The Kier molecular flexibility index (Phi) is 5.44. The van der Waals surface area contributed by atoms with Crippen molar-refractivity contribution in [3.8, 4) is 0 Å². The summed E-state index contributed by atoms with van der Waals surface area (Å²) in [5.74, 6) is 0. The van der Waals surface area contributed by atoms with Crippen LogP contribution in [0.3, 0.4) is 0 Å². The van der Waals surface area contributed by atoms with Gasteiger partial charge in [0.15, 0.2) is 0 Å². The van der Waals surface area contributed by atoms with E-state index in [4.69, 9.17) is 9.47 Å². The molecule has 1 heterocycles. The van der Waals surface area contributed by atoms with Crippen LogP contribution in [0.1, 0.15) is 48.0 Å². The van der Waals surface area contributed by atoms with E-state index in [-0.39, 0.29) is 12.2 Å². The van der Waals surface area contributed by atoms with Gasteiger partial charge in [-0.1, -0.05) is 0 Å². The highest BCUT2D eigenvalue weighted by Gasteiger charge is 2.29. The van der Waals surface area contributed by atoms with Gasteiger partial charge in [0.05, 0.1) is 6.17 Å². The monoisotopic (exact) mass is 301 g/mol. The van der Waals surface area contributed by atoms with E-state index >= 15 is 0 Å². The van der Waals surface area contributed by atoms with Gasteiger partial charge in [0.1, 0.15) is 11.2 Å². The molecule has 122 valence electrons. The fourth-order valence-corrected chi connectivity index (χ4v) is 1.88. The molecule has 0 saturated carbocycles. The van der Waals surface area contributed by atoms with Crippen molar-refractivity contribution in [1.82, 2.24) is 16.0 Å². The van der Waals surface area contributed by atoms with E-state index in [2.05, 4.69) is 16.0 Å². The largest absolute Gasteiger partial charge is 0.444 e. The Hall–Kier alpha value is -1.50. The second-order valence-corrected chi connectivity index (χ2v) is 7.19. The van der Waals surface area contributed by atoms with Crippen molar-refractivity contribution in [3.63, 3.8) is 0 Å². The van der Waals surface area contributed by atoms with Crippen LogP contribution in [0.5, 0.6) is 0 Å². The van der Waals surface area contributed by atoms with Gasteiger partial charge in [-0.15, -0.1) is 0 Å². The standard InChI is InChI=1S/C14H27N3O4/c1-13(2,3)20-11(18)16-9-7-10(15-8-9)17-12(19)21-14(4,5)6/h9-10,15H,7-8H2,1-6H3,(H,16,18)(H,17,19)/t9-,10-/m0/s1. The minimum Gasteiger partial charge on any atom is -0.444 e. The van der Waals surface area contributed by atoms with Crippen molar-refractivity contribution in [1.29, 1.82) is 0 Å². The smallest absolute Gasteiger partial charge is 0.408 e. The maximum Gasteiger partial charge on any atom is 0.408 e. The summed E-state index contributed by atoms with van der Waals surface area (Å²) >= 11 is 0. The summed E-state index contributed by atoms with van der Waals surface area (Å²) in [4.78, 5) is 23.3. The number of hydrogen-bond acceptors (Lipinski definition) is 5. The predicted molar refractivity (Wildman–Crippen MR) is 78.9 cm³/mol. The Labute approximate surface area is 126 Å². The highest BCUT2D eigenvalue weighted by molar-refractivity contribution is 5.69. The highest BCUT2D eigenvalue weighted by atomic mass is 16.6. The quantitative estimate of drug-likeness (QED) is 0.723. The van der Waals surface area contributed by atoms with Crippen molar-refractivity contribution in [2.75, 3.05) is 6.54 Å². The first-order valence-corrected chi connectivity index (χ1v) is 7.17. The zero-order chi connectivity index (χ0) is 16.3. The Bertz CT molecular complexity index is 349. The molecule has 0 radical (unpaired) electrons. The SMILES string of the molecule is CC(C)(C)OC(=O)N[C@@H]1CN[C@@H](NC(=O)OC(C)(C)C)C1. The Morgan fingerprint density at radius 1 is 0.952 bits per heavy atom. The molecule has 7 heteroatoms. The Balaban J connectivity index is 2.33. The van der Waals surface area contributed by atoms with Crippen LogP contribution < -0.4 is 16.0 Å². The molecule has 2 atom stereocenters. The van der Waals surface area contributed by atoms with E-state index in [1.165, 1.54) is 0 Å². The molecule has 1 fully saturated rings. The zero-order valence-corrected chi connectivity index (χ0v) is 13.7. The van der Waals surface area contributed by atoms with E-state index in [9.17, 15) is 9.59 Å². The number of hydrogen-bond donors (Lipinski definition) is 3. The third-order valence-electron chi connectivity index (χ3n) is 2.54. The Morgan fingerprint density at radius 2 is 1.43 bits per heavy atom. The van der Waals surface area contributed by atoms with Crippen LogP contribution in [0.15, 0.2) is 0 Å². The van der Waals surface area contributed by atoms with Gasteiger partial charge in [0.25, 0.3) is 0 Å². The van der Waals surface area contributed by atoms with Crippen LogP contribution >= 0.6 is 0 Å². The first kappa shape index (κ1) is 17.6. The number of alkyl carbamates (subject to hydrolysis) is 2. The molecule has 2 amide bonds. The molecule has 3 N–H and O–H groups in total. The maximum absolute atomic E-state index is 11.7. The summed E-state index contributed by atoms with van der Waals surface area (Å²) < 4.78 is 10.4. The molecule has 1 rings (SSSR count). The molecule has 21 heavy (non-hydrogen) atoms. The van der Waals surface area contributed by atoms with E-state index in [0.717, 1.165) is 0 Å². The molecule has 0 aromatic carbocycles. The number of ether oxygens (including phenoxy) is 2. The topological polar surface area (TPSA) is 88.7 Å². The first-order valence-electron chi connectivity index (χ1n) is 7.17. The van der Waals surface area contributed by atoms with Crippen molar-refractivity contribution in [2.24, 2.45) is 0 Å². The first-order chi connectivity index (χ1) is 9.44. The second kappa shape index (κ2) is 6.51. The molecule has 1 saturated heterocycles. The summed E-state index contributed by atoms with van der Waals surface area (Å²) in [6.07, 6.45) is -0.566. The third kappa shape index (κ3) is 7.75. The lowest BCUT2D eigenvalue weighted by Crippen LogP contribution is -2.43. The minimum atomic E-state index is -0.531. The molecule has 7 nitrogen and oxygen atoms in total. The van der Waals surface area contributed by atoms with Crippen molar-refractivity contribution < 1.29 is 19.1 Å². The second-order valence-electron chi connectivity index (χ2n) is 7.19. The lowest BCUT2D eigenvalue weighted by molar-refractivity contribution is 0.0499. The Morgan fingerprint density at radius 3 is 1.90 bits per heavy atom. The van der Waals surface area contributed by atoms with Gasteiger partial charge in [-0.3, -0.25) is 5.32 Å². The molecular weight excluding hydrogens is 274 g/mol. The van der Waals surface area contributed by atoms with Crippen LogP contribution in [0.4, 0.5) is 9.59 Å². The lowest BCUT2D eigenvalue weighted by atomic mass is 10.2. The van der Waals surface area contributed by atoms with Gasteiger partial charge in [-0.05, 0) is 41.5 Å². The van der Waals surface area contributed by atoms with E-state index in [1.807, 2.05) is 41.5 Å². The summed E-state index contributed by atoms with van der Waals surface area (Å²) in [7, 11) is 0. The molecule has 0 unspecified atom stereocenters. The fourth-order valence-electron chi connectivity index (χ4n) is 1.88. The average molecular weight is 301 g/mol. The molecule has 0 aromatic heterocycles. The van der Waals surface area contributed by atoms with Gasteiger partial charge in [0.2, 0.25) is 0 Å². The molecule has 0 bridgehead atoms. The van der Waals surface area contributed by atoms with Crippen molar-refractivity contribution in [3.05, 3.63) is 0 Å². The molecule has 0 aromatic rings. The number of rotatable bonds is 2. The highest BCUT2D eigenvalue weighted by Crippen LogP contribution is 2.11. The molecule has 1 aliphatic heterocycles. The van der Waals surface area contributed by atoms with Crippen LogP contribution in [-0.2, 0) is 9.47 Å². The number of nitrogens with one attached hydrogen (secondary N) is 3. The van der Waals surface area contributed by atoms with E-state index in [1.54, 1.807) is 0 Å². The zero-order valence-electron chi connectivity index (χ0n) is 13.7. The molecule has 1 aliphatic rings. The van der Waals surface area contributed by atoms with Gasteiger partial charge in [0, 0.05) is 19.0 Å². The fraction of sp³-hybridized carbons (Fsp3) is 0.857. The summed E-state index contributed by atoms with van der Waals surface area (Å²) in [6.45, 7) is 11.4. The minimum absolute atomic E-state index is 0.0835. The van der Waals surface area contributed by atoms with Gasteiger partial charge < -0.3 is 20.1 Å². The summed E-state index contributed by atoms with van der Waals surface area (Å²) in [5, 5.41) is 8.60. The normalized spacial score (nSPS) is 22.6. The summed E-state index contributed by atoms with van der Waals surface area (Å²) in [5.41, 5.74) is -1.05. The van der Waals surface area contributed by atoms with Crippen molar-refractivity contribution >= 4 is 12.2 Å². The maximum atomic E-state index is 11.7.